The van der Waals surface area contributed by atoms with E-state index in [0.717, 1.165) is 6.42 Å². The Morgan fingerprint density at radius 1 is 1.05 bits per heavy atom. The summed E-state index contributed by atoms with van der Waals surface area (Å²) in [4.78, 5) is 2.13. The van der Waals surface area contributed by atoms with E-state index in [0.29, 0.717) is 12.5 Å². The first kappa shape index (κ1) is 14.6. The van der Waals surface area contributed by atoms with Crippen LogP contribution in [-0.4, -0.2) is 20.6 Å². The zero-order chi connectivity index (χ0) is 14.5. The fourth-order valence-electron chi connectivity index (χ4n) is 2.40. The monoisotopic (exact) mass is 268 g/mol. The highest BCUT2D eigenvalue weighted by Gasteiger charge is 2.11. The second-order valence-corrected chi connectivity index (χ2v) is 5.61. The molecule has 1 unspecified atom stereocenters. The summed E-state index contributed by atoms with van der Waals surface area (Å²) in [6.45, 7) is 2.79. The Balaban J connectivity index is 2.19. The Bertz CT molecular complexity index is 544. The van der Waals surface area contributed by atoms with Gasteiger partial charge in [0.05, 0.1) is 0 Å². The van der Waals surface area contributed by atoms with Gasteiger partial charge in [-0.15, -0.1) is 0 Å². The summed E-state index contributed by atoms with van der Waals surface area (Å²) in [6.07, 6.45) is 0.994. The number of nitrogens with two attached hydrogens (primary N) is 1. The molecule has 0 saturated heterocycles. The van der Waals surface area contributed by atoms with Crippen molar-refractivity contribution < 1.29 is 0 Å². The van der Waals surface area contributed by atoms with Crippen LogP contribution in [0.2, 0.25) is 0 Å². The standard InChI is InChI=1S/C18H24N2/c1-14-7-9-15(10-8-14)11-17(13-19)16-5-4-6-18(12-16)20(2)3/h4-10,12,17H,11,13,19H2,1-3H3. The minimum absolute atomic E-state index is 0.373. The van der Waals surface area contributed by atoms with E-state index in [1.54, 1.807) is 0 Å². The molecule has 0 fully saturated rings. The Morgan fingerprint density at radius 2 is 1.75 bits per heavy atom. The Kier molecular flexibility index (Phi) is 4.80. The number of anilines is 1. The van der Waals surface area contributed by atoms with Crippen LogP contribution in [0.1, 0.15) is 22.6 Å². The van der Waals surface area contributed by atoms with Gasteiger partial charge in [-0.3, -0.25) is 0 Å². The molecule has 0 radical (unpaired) electrons. The molecule has 0 saturated carbocycles. The first-order chi connectivity index (χ1) is 9.60. The van der Waals surface area contributed by atoms with Crippen LogP contribution in [0.4, 0.5) is 5.69 Å². The molecule has 0 bridgehead atoms. The third kappa shape index (κ3) is 3.61. The van der Waals surface area contributed by atoms with Crippen molar-refractivity contribution in [3.8, 4) is 0 Å². The van der Waals surface area contributed by atoms with Gasteiger partial charge < -0.3 is 10.6 Å². The lowest BCUT2D eigenvalue weighted by atomic mass is 9.91. The maximum atomic E-state index is 6.00. The molecule has 0 amide bonds. The van der Waals surface area contributed by atoms with Crippen LogP contribution in [0.25, 0.3) is 0 Å². The SMILES string of the molecule is Cc1ccc(CC(CN)c2cccc(N(C)C)c2)cc1. The molecule has 2 rings (SSSR count). The van der Waals surface area contributed by atoms with E-state index in [2.05, 4.69) is 74.4 Å². The first-order valence-corrected chi connectivity index (χ1v) is 7.13. The van der Waals surface area contributed by atoms with Gasteiger partial charge in [-0.2, -0.15) is 0 Å². The Morgan fingerprint density at radius 3 is 2.35 bits per heavy atom. The molecule has 0 heterocycles. The molecule has 0 aliphatic carbocycles. The highest BCUT2D eigenvalue weighted by molar-refractivity contribution is 5.48. The van der Waals surface area contributed by atoms with Crippen molar-refractivity contribution in [2.45, 2.75) is 19.3 Å². The normalized spacial score (nSPS) is 12.2. The molecule has 2 heteroatoms. The van der Waals surface area contributed by atoms with Crippen LogP contribution in [0.5, 0.6) is 0 Å². The quantitative estimate of drug-likeness (QED) is 0.901. The van der Waals surface area contributed by atoms with Gasteiger partial charge in [-0.25, -0.2) is 0 Å². The van der Waals surface area contributed by atoms with Crippen LogP contribution in [0.3, 0.4) is 0 Å². The average molecular weight is 268 g/mol. The van der Waals surface area contributed by atoms with Gasteiger partial charge in [0.15, 0.2) is 0 Å². The van der Waals surface area contributed by atoms with Gasteiger partial charge in [0.1, 0.15) is 0 Å². The van der Waals surface area contributed by atoms with Crippen molar-refractivity contribution in [2.24, 2.45) is 5.73 Å². The molecule has 0 aliphatic rings. The van der Waals surface area contributed by atoms with Crippen molar-refractivity contribution in [1.29, 1.82) is 0 Å². The summed E-state index contributed by atoms with van der Waals surface area (Å²) in [6, 6.07) is 17.4. The molecule has 2 nitrogen and oxygen atoms in total. The predicted octanol–water partition coefficient (Wildman–Crippen LogP) is 3.35. The van der Waals surface area contributed by atoms with Crippen LogP contribution in [-0.2, 0) is 6.42 Å². The summed E-state index contributed by atoms with van der Waals surface area (Å²) in [7, 11) is 4.13. The third-order valence-electron chi connectivity index (χ3n) is 3.75. The Hall–Kier alpha value is -1.80. The van der Waals surface area contributed by atoms with Crippen LogP contribution >= 0.6 is 0 Å². The summed E-state index contributed by atoms with van der Waals surface area (Å²) < 4.78 is 0. The van der Waals surface area contributed by atoms with E-state index < -0.39 is 0 Å². The number of benzene rings is 2. The Labute approximate surface area is 122 Å². The fourth-order valence-corrected chi connectivity index (χ4v) is 2.40. The lowest BCUT2D eigenvalue weighted by Gasteiger charge is -2.19. The third-order valence-corrected chi connectivity index (χ3v) is 3.75. The molecule has 2 aromatic carbocycles. The molecular formula is C18H24N2. The second kappa shape index (κ2) is 6.58. The molecule has 106 valence electrons. The molecular weight excluding hydrogens is 244 g/mol. The topological polar surface area (TPSA) is 29.3 Å². The maximum absolute atomic E-state index is 6.00. The van der Waals surface area contributed by atoms with Gasteiger partial charge in [-0.05, 0) is 43.1 Å². The number of nitrogens with zero attached hydrogens (tertiary/aromatic N) is 1. The number of aryl methyl sites for hydroxylation is 1. The van der Waals surface area contributed by atoms with Gasteiger partial charge >= 0.3 is 0 Å². The molecule has 0 aliphatic heterocycles. The first-order valence-electron chi connectivity index (χ1n) is 7.13. The smallest absolute Gasteiger partial charge is 0.0363 e. The summed E-state index contributed by atoms with van der Waals surface area (Å²) in [5.74, 6) is 0.373. The largest absolute Gasteiger partial charge is 0.378 e. The fraction of sp³-hybridized carbons (Fsp3) is 0.333. The molecule has 1 atom stereocenters. The van der Waals surface area contributed by atoms with Gasteiger partial charge in [0.2, 0.25) is 0 Å². The summed E-state index contributed by atoms with van der Waals surface area (Å²) >= 11 is 0. The van der Waals surface area contributed by atoms with E-state index >= 15 is 0 Å². The number of rotatable bonds is 5. The highest BCUT2D eigenvalue weighted by atomic mass is 15.1. The van der Waals surface area contributed by atoms with E-state index in [-0.39, 0.29) is 0 Å². The molecule has 0 spiro atoms. The van der Waals surface area contributed by atoms with Crippen LogP contribution < -0.4 is 10.6 Å². The highest BCUT2D eigenvalue weighted by Crippen LogP contribution is 2.24. The summed E-state index contributed by atoms with van der Waals surface area (Å²) in [5, 5.41) is 0. The van der Waals surface area contributed by atoms with Crippen LogP contribution in [0, 0.1) is 6.92 Å². The molecule has 20 heavy (non-hydrogen) atoms. The zero-order valence-corrected chi connectivity index (χ0v) is 12.6. The minimum atomic E-state index is 0.373. The number of hydrogen-bond donors (Lipinski definition) is 1. The minimum Gasteiger partial charge on any atom is -0.378 e. The summed E-state index contributed by atoms with van der Waals surface area (Å²) in [5.41, 5.74) is 11.2. The van der Waals surface area contributed by atoms with Crippen LogP contribution in [0.15, 0.2) is 48.5 Å². The molecule has 2 aromatic rings. The second-order valence-electron chi connectivity index (χ2n) is 5.61. The van der Waals surface area contributed by atoms with Gasteiger partial charge in [-0.1, -0.05) is 42.0 Å². The maximum Gasteiger partial charge on any atom is 0.0363 e. The zero-order valence-electron chi connectivity index (χ0n) is 12.6. The van der Waals surface area contributed by atoms with Crippen molar-refractivity contribution in [3.63, 3.8) is 0 Å². The van der Waals surface area contributed by atoms with E-state index in [1.165, 1.54) is 22.4 Å². The van der Waals surface area contributed by atoms with Gasteiger partial charge in [0, 0.05) is 25.7 Å². The van der Waals surface area contributed by atoms with Crippen molar-refractivity contribution in [3.05, 3.63) is 65.2 Å². The number of hydrogen-bond acceptors (Lipinski definition) is 2. The van der Waals surface area contributed by atoms with E-state index in [9.17, 15) is 0 Å². The lowest BCUT2D eigenvalue weighted by molar-refractivity contribution is 0.694. The lowest BCUT2D eigenvalue weighted by Crippen LogP contribution is -2.16. The molecule has 2 N–H and O–H groups in total. The van der Waals surface area contributed by atoms with Gasteiger partial charge in [0.25, 0.3) is 0 Å². The average Bonchev–Trinajstić information content (AvgIpc) is 2.46. The van der Waals surface area contributed by atoms with E-state index in [4.69, 9.17) is 5.73 Å². The van der Waals surface area contributed by atoms with Crippen molar-refractivity contribution in [2.75, 3.05) is 25.5 Å². The molecule has 0 aromatic heterocycles. The van der Waals surface area contributed by atoms with E-state index in [1.807, 2.05) is 0 Å². The van der Waals surface area contributed by atoms with Crippen molar-refractivity contribution in [1.82, 2.24) is 0 Å². The van der Waals surface area contributed by atoms with Crippen molar-refractivity contribution >= 4 is 5.69 Å². The predicted molar refractivity (Wildman–Crippen MR) is 87.4 cm³/mol.